The first kappa shape index (κ1) is 11.5. The normalized spacial score (nSPS) is 10.2. The second kappa shape index (κ2) is 5.36. The topological polar surface area (TPSA) is 61.0 Å². The van der Waals surface area contributed by atoms with E-state index in [9.17, 15) is 4.39 Å². The van der Waals surface area contributed by atoms with Gasteiger partial charge >= 0.3 is 0 Å². The lowest BCUT2D eigenvalue weighted by atomic mass is 10.2. The Morgan fingerprint density at radius 1 is 1.24 bits per heavy atom. The number of rotatable bonds is 4. The number of nitrogens with zero attached hydrogens (tertiary/aromatic N) is 2. The zero-order valence-electron chi connectivity index (χ0n) is 9.14. The Balaban J connectivity index is 2.17. The van der Waals surface area contributed by atoms with Gasteiger partial charge in [0, 0.05) is 12.1 Å². The number of hydrogen-bond donors (Lipinski definition) is 1. The Morgan fingerprint density at radius 2 is 2.00 bits per heavy atom. The fraction of sp³-hybridized carbons (Fsp3) is 0.167. The van der Waals surface area contributed by atoms with E-state index in [0.29, 0.717) is 30.3 Å². The third kappa shape index (κ3) is 2.98. The molecule has 2 rings (SSSR count). The highest BCUT2D eigenvalue weighted by Gasteiger charge is 2.02. The van der Waals surface area contributed by atoms with Crippen LogP contribution in [0.4, 0.5) is 4.39 Å². The Labute approximate surface area is 98.3 Å². The average molecular weight is 233 g/mol. The predicted octanol–water partition coefficient (Wildman–Crippen LogP) is 1.62. The third-order valence-electron chi connectivity index (χ3n) is 2.10. The van der Waals surface area contributed by atoms with Crippen LogP contribution in [0.5, 0.6) is 5.75 Å². The highest BCUT2D eigenvalue weighted by molar-refractivity contribution is 5.54. The maximum atomic E-state index is 13.0. The van der Waals surface area contributed by atoms with E-state index >= 15 is 0 Å². The zero-order chi connectivity index (χ0) is 12.1. The van der Waals surface area contributed by atoms with E-state index in [1.165, 1.54) is 12.1 Å². The van der Waals surface area contributed by atoms with Crippen molar-refractivity contribution < 1.29 is 9.13 Å². The Morgan fingerprint density at radius 3 is 2.65 bits per heavy atom. The van der Waals surface area contributed by atoms with Gasteiger partial charge in [-0.2, -0.15) is 0 Å². The molecule has 0 bridgehead atoms. The average Bonchev–Trinajstić information content (AvgIpc) is 2.37. The molecular formula is C12H12FN3O. The van der Waals surface area contributed by atoms with Crippen LogP contribution in [0, 0.1) is 5.82 Å². The minimum atomic E-state index is -0.311. The van der Waals surface area contributed by atoms with E-state index in [4.69, 9.17) is 10.5 Å². The second-order valence-corrected chi connectivity index (χ2v) is 3.39. The van der Waals surface area contributed by atoms with Gasteiger partial charge in [0.2, 0.25) is 0 Å². The molecule has 1 heterocycles. The summed E-state index contributed by atoms with van der Waals surface area (Å²) in [5.74, 6) is 0.703. The van der Waals surface area contributed by atoms with Gasteiger partial charge in [-0.05, 0) is 12.1 Å². The van der Waals surface area contributed by atoms with E-state index in [2.05, 4.69) is 9.97 Å². The molecule has 2 aromatic rings. The maximum Gasteiger partial charge on any atom is 0.159 e. The molecule has 0 aliphatic carbocycles. The number of nitrogens with two attached hydrogens (primary N) is 1. The molecular weight excluding hydrogens is 221 g/mol. The minimum Gasteiger partial charge on any atom is -0.489 e. The zero-order valence-corrected chi connectivity index (χ0v) is 9.14. The lowest BCUT2D eigenvalue weighted by Crippen LogP contribution is -2.10. The molecule has 1 aromatic heterocycles. The van der Waals surface area contributed by atoms with E-state index in [1.807, 2.05) is 0 Å². The van der Waals surface area contributed by atoms with Crippen molar-refractivity contribution in [1.29, 1.82) is 0 Å². The summed E-state index contributed by atoms with van der Waals surface area (Å²) in [4.78, 5) is 8.20. The van der Waals surface area contributed by atoms with Gasteiger partial charge in [-0.15, -0.1) is 0 Å². The van der Waals surface area contributed by atoms with Crippen LogP contribution in [-0.2, 0) is 0 Å². The molecule has 4 nitrogen and oxygen atoms in total. The maximum absolute atomic E-state index is 13.0. The summed E-state index contributed by atoms with van der Waals surface area (Å²) in [6, 6.07) is 6.13. The lowest BCUT2D eigenvalue weighted by Gasteiger charge is -2.04. The summed E-state index contributed by atoms with van der Waals surface area (Å²) in [5.41, 5.74) is 5.94. The standard InChI is InChI=1S/C12H12FN3O/c13-10-3-1-2-9(6-10)12-15-7-11(8-16-12)17-5-4-14/h1-3,6-8H,4-5,14H2. The molecule has 0 aliphatic heterocycles. The lowest BCUT2D eigenvalue weighted by molar-refractivity contribution is 0.325. The summed E-state index contributed by atoms with van der Waals surface area (Å²) in [6.07, 6.45) is 3.09. The smallest absolute Gasteiger partial charge is 0.159 e. The van der Waals surface area contributed by atoms with Crippen LogP contribution in [-0.4, -0.2) is 23.1 Å². The van der Waals surface area contributed by atoms with Gasteiger partial charge in [0.25, 0.3) is 0 Å². The summed E-state index contributed by atoms with van der Waals surface area (Å²) >= 11 is 0. The van der Waals surface area contributed by atoms with Crippen molar-refractivity contribution in [3.63, 3.8) is 0 Å². The van der Waals surface area contributed by atoms with Crippen molar-refractivity contribution in [3.8, 4) is 17.1 Å². The first-order chi connectivity index (χ1) is 8.29. The first-order valence-electron chi connectivity index (χ1n) is 5.20. The number of benzene rings is 1. The quantitative estimate of drug-likeness (QED) is 0.871. The van der Waals surface area contributed by atoms with Gasteiger partial charge in [0.15, 0.2) is 11.6 Å². The van der Waals surface area contributed by atoms with E-state index in [1.54, 1.807) is 24.5 Å². The SMILES string of the molecule is NCCOc1cnc(-c2cccc(F)c2)nc1. The van der Waals surface area contributed by atoms with Gasteiger partial charge in [0.1, 0.15) is 12.4 Å². The van der Waals surface area contributed by atoms with Gasteiger partial charge in [-0.25, -0.2) is 14.4 Å². The number of ether oxygens (including phenoxy) is 1. The fourth-order valence-corrected chi connectivity index (χ4v) is 1.34. The van der Waals surface area contributed by atoms with E-state index in [-0.39, 0.29) is 5.82 Å². The van der Waals surface area contributed by atoms with Gasteiger partial charge in [0.05, 0.1) is 12.4 Å². The molecule has 0 saturated carbocycles. The predicted molar refractivity (Wildman–Crippen MR) is 62.0 cm³/mol. The number of hydrogen-bond acceptors (Lipinski definition) is 4. The number of halogens is 1. The Hall–Kier alpha value is -2.01. The molecule has 0 saturated heterocycles. The molecule has 0 radical (unpaired) electrons. The fourth-order valence-electron chi connectivity index (χ4n) is 1.34. The van der Waals surface area contributed by atoms with Crippen molar-refractivity contribution in [3.05, 3.63) is 42.5 Å². The Kier molecular flexibility index (Phi) is 3.62. The molecule has 0 aliphatic rings. The molecule has 0 atom stereocenters. The number of aromatic nitrogens is 2. The molecule has 1 aromatic carbocycles. The van der Waals surface area contributed by atoms with Crippen LogP contribution in [0.2, 0.25) is 0 Å². The van der Waals surface area contributed by atoms with E-state index in [0.717, 1.165) is 0 Å². The highest BCUT2D eigenvalue weighted by atomic mass is 19.1. The summed E-state index contributed by atoms with van der Waals surface area (Å²) in [5, 5.41) is 0. The van der Waals surface area contributed by atoms with Crippen LogP contribution in [0.1, 0.15) is 0 Å². The van der Waals surface area contributed by atoms with Crippen LogP contribution in [0.3, 0.4) is 0 Å². The largest absolute Gasteiger partial charge is 0.489 e. The molecule has 17 heavy (non-hydrogen) atoms. The molecule has 0 unspecified atom stereocenters. The second-order valence-electron chi connectivity index (χ2n) is 3.39. The molecule has 0 spiro atoms. The van der Waals surface area contributed by atoms with Crippen LogP contribution < -0.4 is 10.5 Å². The van der Waals surface area contributed by atoms with Crippen molar-refractivity contribution >= 4 is 0 Å². The van der Waals surface area contributed by atoms with E-state index < -0.39 is 0 Å². The molecule has 2 N–H and O–H groups in total. The third-order valence-corrected chi connectivity index (χ3v) is 2.10. The summed E-state index contributed by atoms with van der Waals surface area (Å²) in [7, 11) is 0. The molecule has 0 fully saturated rings. The molecule has 88 valence electrons. The van der Waals surface area contributed by atoms with Crippen LogP contribution >= 0.6 is 0 Å². The molecule has 5 heteroatoms. The van der Waals surface area contributed by atoms with Crippen molar-refractivity contribution in [1.82, 2.24) is 9.97 Å². The summed E-state index contributed by atoms with van der Waals surface area (Å²) in [6.45, 7) is 0.855. The van der Waals surface area contributed by atoms with Gasteiger partial charge < -0.3 is 10.5 Å². The van der Waals surface area contributed by atoms with Gasteiger partial charge in [-0.3, -0.25) is 0 Å². The monoisotopic (exact) mass is 233 g/mol. The highest BCUT2D eigenvalue weighted by Crippen LogP contribution is 2.17. The first-order valence-corrected chi connectivity index (χ1v) is 5.20. The summed E-state index contributed by atoms with van der Waals surface area (Å²) < 4.78 is 18.3. The van der Waals surface area contributed by atoms with Crippen molar-refractivity contribution in [2.24, 2.45) is 5.73 Å². The minimum absolute atomic E-state index is 0.311. The van der Waals surface area contributed by atoms with Crippen molar-refractivity contribution in [2.45, 2.75) is 0 Å². The van der Waals surface area contributed by atoms with Gasteiger partial charge in [-0.1, -0.05) is 12.1 Å². The molecule has 0 amide bonds. The van der Waals surface area contributed by atoms with Crippen LogP contribution in [0.15, 0.2) is 36.7 Å². The Bertz CT molecular complexity index is 487. The van der Waals surface area contributed by atoms with Crippen molar-refractivity contribution in [2.75, 3.05) is 13.2 Å². The van der Waals surface area contributed by atoms with Crippen LogP contribution in [0.25, 0.3) is 11.4 Å².